The largest absolute Gasteiger partial charge is 0.438 e. The van der Waals surface area contributed by atoms with Crippen molar-refractivity contribution in [2.75, 3.05) is 56.2 Å². The van der Waals surface area contributed by atoms with Gasteiger partial charge in [-0.25, -0.2) is 8.42 Å². The van der Waals surface area contributed by atoms with E-state index in [2.05, 4.69) is 10.6 Å². The second kappa shape index (κ2) is 8.87. The molecule has 2 fully saturated rings. The van der Waals surface area contributed by atoms with Crippen LogP contribution in [0.25, 0.3) is 0 Å². The number of carbonyl (C=O) groups is 2. The Labute approximate surface area is 184 Å². The summed E-state index contributed by atoms with van der Waals surface area (Å²) >= 11 is 6.35. The lowest BCUT2D eigenvalue weighted by Crippen LogP contribution is -2.47. The zero-order valence-electron chi connectivity index (χ0n) is 16.5. The molecule has 0 saturated carbocycles. The second-order valence-corrected chi connectivity index (χ2v) is 9.30. The predicted octanol–water partition coefficient (Wildman–Crippen LogP) is 1.14. The first-order valence-corrected chi connectivity index (χ1v) is 11.5. The summed E-state index contributed by atoms with van der Waals surface area (Å²) in [5.74, 6) is -0.829. The lowest BCUT2D eigenvalue weighted by atomic mass is 10.2. The van der Waals surface area contributed by atoms with Crippen LogP contribution in [0.4, 0.5) is 11.4 Å². The Balaban J connectivity index is 1.45. The third kappa shape index (κ3) is 4.69. The molecule has 1 aromatic carbocycles. The minimum Gasteiger partial charge on any atom is -0.438 e. The highest BCUT2D eigenvalue weighted by molar-refractivity contribution is 7.89. The van der Waals surface area contributed by atoms with Gasteiger partial charge in [-0.2, -0.15) is 4.31 Å². The standard InChI is InChI=1S/C19H21ClN4O6S/c20-14-11-13(1-2-15(14)23-6-5-21-17(25)12-23)22-19(26)16-3-4-18(30-16)31(27,28)24-7-9-29-10-8-24/h1-4,11H,5-10,12H2,(H,21,25)(H,22,26). The monoisotopic (exact) mass is 468 g/mol. The van der Waals surface area contributed by atoms with Crippen molar-refractivity contribution in [3.63, 3.8) is 0 Å². The maximum absolute atomic E-state index is 12.6. The minimum atomic E-state index is -3.83. The first kappa shape index (κ1) is 21.6. The van der Waals surface area contributed by atoms with Crippen molar-refractivity contribution in [1.29, 1.82) is 0 Å². The molecule has 1 aromatic heterocycles. The van der Waals surface area contributed by atoms with Crippen molar-refractivity contribution >= 4 is 44.8 Å². The highest BCUT2D eigenvalue weighted by Crippen LogP contribution is 2.29. The normalized spacial score (nSPS) is 18.0. The van der Waals surface area contributed by atoms with E-state index in [-0.39, 0.29) is 36.4 Å². The summed E-state index contributed by atoms with van der Waals surface area (Å²) in [6.45, 7) is 2.45. The number of sulfonamides is 1. The van der Waals surface area contributed by atoms with Crippen LogP contribution in [0.15, 0.2) is 39.8 Å². The SMILES string of the molecule is O=C1CN(c2ccc(NC(=O)c3ccc(S(=O)(=O)N4CCOCC4)o3)cc2Cl)CCN1. The maximum atomic E-state index is 12.6. The van der Waals surface area contributed by atoms with E-state index in [1.165, 1.54) is 16.4 Å². The molecule has 0 radical (unpaired) electrons. The van der Waals surface area contributed by atoms with Crippen molar-refractivity contribution in [3.8, 4) is 0 Å². The molecule has 166 valence electrons. The smallest absolute Gasteiger partial charge is 0.291 e. The first-order valence-electron chi connectivity index (χ1n) is 9.65. The number of anilines is 2. The Morgan fingerprint density at radius 3 is 2.61 bits per heavy atom. The number of amides is 2. The summed E-state index contributed by atoms with van der Waals surface area (Å²) in [4.78, 5) is 26.0. The lowest BCUT2D eigenvalue weighted by molar-refractivity contribution is -0.120. The Morgan fingerprint density at radius 1 is 1.13 bits per heavy atom. The van der Waals surface area contributed by atoms with E-state index >= 15 is 0 Å². The molecule has 10 nitrogen and oxygen atoms in total. The number of halogens is 1. The average molecular weight is 469 g/mol. The molecule has 0 atom stereocenters. The topological polar surface area (TPSA) is 121 Å². The van der Waals surface area contributed by atoms with Crippen LogP contribution in [-0.2, 0) is 19.6 Å². The highest BCUT2D eigenvalue weighted by Gasteiger charge is 2.30. The average Bonchev–Trinajstić information content (AvgIpc) is 3.26. The van der Waals surface area contributed by atoms with Crippen LogP contribution in [-0.4, -0.2) is 70.5 Å². The van der Waals surface area contributed by atoms with Crippen LogP contribution in [0.5, 0.6) is 0 Å². The molecule has 0 spiro atoms. The number of hydrogen-bond acceptors (Lipinski definition) is 7. The van der Waals surface area contributed by atoms with Crippen LogP contribution in [0.3, 0.4) is 0 Å². The van der Waals surface area contributed by atoms with Gasteiger partial charge in [-0.15, -0.1) is 0 Å². The molecule has 2 aliphatic heterocycles. The van der Waals surface area contributed by atoms with Gasteiger partial charge in [0.1, 0.15) is 0 Å². The molecule has 2 aliphatic rings. The number of piperazine rings is 1. The Kier molecular flexibility index (Phi) is 6.19. The number of furan rings is 1. The summed E-state index contributed by atoms with van der Waals surface area (Å²) in [6.07, 6.45) is 0. The fraction of sp³-hybridized carbons (Fsp3) is 0.368. The number of nitrogens with zero attached hydrogens (tertiary/aromatic N) is 2. The van der Waals surface area contributed by atoms with Crippen molar-refractivity contribution in [2.45, 2.75) is 5.09 Å². The van der Waals surface area contributed by atoms with Gasteiger partial charge < -0.3 is 24.7 Å². The van der Waals surface area contributed by atoms with Crippen molar-refractivity contribution < 1.29 is 27.2 Å². The number of rotatable bonds is 5. The zero-order valence-corrected chi connectivity index (χ0v) is 18.0. The van der Waals surface area contributed by atoms with Gasteiger partial charge in [-0.3, -0.25) is 9.59 Å². The third-order valence-electron chi connectivity index (χ3n) is 4.95. The second-order valence-electron chi connectivity index (χ2n) is 7.03. The molecule has 4 rings (SSSR count). The molecule has 3 heterocycles. The van der Waals surface area contributed by atoms with E-state index in [4.69, 9.17) is 20.8 Å². The Morgan fingerprint density at radius 2 is 1.90 bits per heavy atom. The van der Waals surface area contributed by atoms with Crippen LogP contribution in [0.2, 0.25) is 5.02 Å². The van der Waals surface area contributed by atoms with E-state index in [1.807, 2.05) is 4.90 Å². The fourth-order valence-electron chi connectivity index (χ4n) is 3.37. The molecule has 2 aromatic rings. The molecule has 31 heavy (non-hydrogen) atoms. The van der Waals surface area contributed by atoms with E-state index in [9.17, 15) is 18.0 Å². The lowest BCUT2D eigenvalue weighted by Gasteiger charge is -2.29. The van der Waals surface area contributed by atoms with Gasteiger partial charge in [0.25, 0.3) is 15.9 Å². The Bertz CT molecular complexity index is 1100. The summed E-state index contributed by atoms with van der Waals surface area (Å²) in [6, 6.07) is 7.50. The van der Waals surface area contributed by atoms with Gasteiger partial charge in [-0.05, 0) is 30.3 Å². The maximum Gasteiger partial charge on any atom is 0.291 e. The molecule has 2 N–H and O–H groups in total. The third-order valence-corrected chi connectivity index (χ3v) is 7.03. The number of ether oxygens (including phenoxy) is 1. The molecule has 0 unspecified atom stereocenters. The van der Waals surface area contributed by atoms with E-state index < -0.39 is 15.9 Å². The van der Waals surface area contributed by atoms with Crippen LogP contribution >= 0.6 is 11.6 Å². The van der Waals surface area contributed by atoms with Crippen LogP contribution < -0.4 is 15.5 Å². The molecular weight excluding hydrogens is 448 g/mol. The fourth-order valence-corrected chi connectivity index (χ4v) is 4.99. The molecule has 0 aliphatic carbocycles. The summed E-state index contributed by atoms with van der Waals surface area (Å²) in [5, 5.41) is 5.47. The number of nitrogens with one attached hydrogen (secondary N) is 2. The van der Waals surface area contributed by atoms with Crippen molar-refractivity contribution in [1.82, 2.24) is 9.62 Å². The minimum absolute atomic E-state index is 0.0830. The molecular formula is C19H21ClN4O6S. The molecule has 12 heteroatoms. The Hall–Kier alpha value is -2.60. The van der Waals surface area contributed by atoms with E-state index in [0.717, 1.165) is 0 Å². The number of hydrogen-bond donors (Lipinski definition) is 2. The van der Waals surface area contributed by atoms with Gasteiger partial charge >= 0.3 is 0 Å². The van der Waals surface area contributed by atoms with Gasteiger partial charge in [0.05, 0.1) is 30.5 Å². The number of morpholine rings is 1. The number of benzene rings is 1. The number of carbonyl (C=O) groups excluding carboxylic acids is 2. The molecule has 0 bridgehead atoms. The predicted molar refractivity (Wildman–Crippen MR) is 113 cm³/mol. The van der Waals surface area contributed by atoms with Crippen molar-refractivity contribution in [2.24, 2.45) is 0 Å². The molecule has 2 amide bonds. The summed E-state index contributed by atoms with van der Waals surface area (Å²) < 4.78 is 37.0. The van der Waals surface area contributed by atoms with Crippen LogP contribution in [0.1, 0.15) is 10.6 Å². The first-order chi connectivity index (χ1) is 14.8. The highest BCUT2D eigenvalue weighted by atomic mass is 35.5. The molecule has 2 saturated heterocycles. The van der Waals surface area contributed by atoms with E-state index in [0.29, 0.717) is 42.7 Å². The van der Waals surface area contributed by atoms with Crippen LogP contribution in [0, 0.1) is 0 Å². The zero-order chi connectivity index (χ0) is 22.0. The summed E-state index contributed by atoms with van der Waals surface area (Å²) in [5.41, 5.74) is 1.10. The van der Waals surface area contributed by atoms with Gasteiger partial charge in [0, 0.05) is 31.9 Å². The van der Waals surface area contributed by atoms with E-state index in [1.54, 1.807) is 18.2 Å². The summed E-state index contributed by atoms with van der Waals surface area (Å²) in [7, 11) is -3.83. The van der Waals surface area contributed by atoms with Gasteiger partial charge in [0.15, 0.2) is 5.76 Å². The van der Waals surface area contributed by atoms with Gasteiger partial charge in [-0.1, -0.05) is 11.6 Å². The van der Waals surface area contributed by atoms with Gasteiger partial charge in [0.2, 0.25) is 11.0 Å². The van der Waals surface area contributed by atoms with Crippen molar-refractivity contribution in [3.05, 3.63) is 41.1 Å². The quantitative estimate of drug-likeness (QED) is 0.674.